The molecule has 0 aromatic rings. The van der Waals surface area contributed by atoms with Gasteiger partial charge in [0.1, 0.15) is 0 Å². The molecule has 0 amide bonds. The Morgan fingerprint density at radius 2 is 2.06 bits per heavy atom. The molecule has 1 N–H and O–H groups in total. The van der Waals surface area contributed by atoms with Crippen molar-refractivity contribution < 1.29 is 0 Å². The second kappa shape index (κ2) is 5.72. The zero-order chi connectivity index (χ0) is 12.4. The maximum atomic E-state index is 3.94. The molecule has 0 radical (unpaired) electrons. The zero-order valence-corrected chi connectivity index (χ0v) is 12.6. The Balaban J connectivity index is 1.59. The van der Waals surface area contributed by atoms with Crippen LogP contribution in [0.25, 0.3) is 0 Å². The topological polar surface area (TPSA) is 15.3 Å². The number of thioether (sulfide) groups is 1. The van der Waals surface area contributed by atoms with Crippen LogP contribution in [0.3, 0.4) is 0 Å². The smallest absolute Gasteiger partial charge is 0.0309 e. The minimum atomic E-state index is 0.505. The van der Waals surface area contributed by atoms with Crippen molar-refractivity contribution in [1.82, 2.24) is 10.2 Å². The Morgan fingerprint density at radius 3 is 2.72 bits per heavy atom. The van der Waals surface area contributed by atoms with Crippen LogP contribution in [0.15, 0.2) is 0 Å². The van der Waals surface area contributed by atoms with E-state index in [4.69, 9.17) is 0 Å². The molecule has 1 saturated heterocycles. The quantitative estimate of drug-likeness (QED) is 0.772. The van der Waals surface area contributed by atoms with E-state index in [0.717, 1.165) is 12.0 Å². The fourth-order valence-electron chi connectivity index (χ4n) is 4.00. The van der Waals surface area contributed by atoms with Gasteiger partial charge in [0, 0.05) is 24.7 Å². The Bertz CT molecular complexity index is 272. The lowest BCUT2D eigenvalue weighted by molar-refractivity contribution is 0.0696. The molecule has 2 saturated carbocycles. The van der Waals surface area contributed by atoms with E-state index in [1.807, 2.05) is 11.8 Å². The van der Waals surface area contributed by atoms with Crippen LogP contribution in [0.1, 0.15) is 44.9 Å². The first kappa shape index (κ1) is 13.3. The van der Waals surface area contributed by atoms with E-state index in [1.54, 1.807) is 0 Å². The van der Waals surface area contributed by atoms with E-state index in [1.165, 1.54) is 70.3 Å². The van der Waals surface area contributed by atoms with Crippen molar-refractivity contribution in [3.8, 4) is 0 Å². The summed E-state index contributed by atoms with van der Waals surface area (Å²) in [6.07, 6.45) is 12.3. The van der Waals surface area contributed by atoms with Gasteiger partial charge in [0.25, 0.3) is 0 Å². The maximum absolute atomic E-state index is 3.94. The summed E-state index contributed by atoms with van der Waals surface area (Å²) >= 11 is 2.00. The third kappa shape index (κ3) is 2.88. The van der Waals surface area contributed by atoms with Gasteiger partial charge in [0.2, 0.25) is 0 Å². The predicted octanol–water partition coefficient (Wildman–Crippen LogP) is 2.74. The minimum Gasteiger partial charge on any atom is -0.308 e. The lowest BCUT2D eigenvalue weighted by Crippen LogP contribution is -2.63. The van der Waals surface area contributed by atoms with Crippen LogP contribution in [0.2, 0.25) is 0 Å². The van der Waals surface area contributed by atoms with Gasteiger partial charge in [-0.15, -0.1) is 0 Å². The molecule has 2 nitrogen and oxygen atoms in total. The highest BCUT2D eigenvalue weighted by Gasteiger charge is 2.45. The maximum Gasteiger partial charge on any atom is 0.0309 e. The van der Waals surface area contributed by atoms with Crippen LogP contribution >= 0.6 is 11.8 Å². The van der Waals surface area contributed by atoms with Gasteiger partial charge in [0.05, 0.1) is 0 Å². The lowest BCUT2D eigenvalue weighted by atomic mass is 9.91. The highest BCUT2D eigenvalue weighted by molar-refractivity contribution is 7.98. The van der Waals surface area contributed by atoms with E-state index in [0.29, 0.717) is 5.54 Å². The highest BCUT2D eigenvalue weighted by atomic mass is 32.2. The van der Waals surface area contributed by atoms with Gasteiger partial charge in [-0.3, -0.25) is 4.90 Å². The standard InChI is InChI=1S/C15H28N2S/c1-18-10-4-9-17-12-15(7-2-3-8-15)16-11-14(17)13-5-6-13/h13-14,16H,2-12H2,1H3. The number of hydrogen-bond donors (Lipinski definition) is 1. The third-order valence-corrected chi connectivity index (χ3v) is 5.88. The Hall–Kier alpha value is 0.270. The Labute approximate surface area is 116 Å². The van der Waals surface area contributed by atoms with Crippen molar-refractivity contribution in [2.24, 2.45) is 5.92 Å². The molecule has 104 valence electrons. The monoisotopic (exact) mass is 268 g/mol. The fraction of sp³-hybridized carbons (Fsp3) is 1.00. The molecule has 1 atom stereocenters. The molecule has 1 unspecified atom stereocenters. The summed E-state index contributed by atoms with van der Waals surface area (Å²) in [6.45, 7) is 3.94. The summed E-state index contributed by atoms with van der Waals surface area (Å²) in [4.78, 5) is 2.86. The predicted molar refractivity (Wildman–Crippen MR) is 80.3 cm³/mol. The molecular formula is C15H28N2S. The first-order valence-corrected chi connectivity index (χ1v) is 9.20. The van der Waals surface area contributed by atoms with Crippen molar-refractivity contribution in [2.75, 3.05) is 31.6 Å². The number of nitrogens with one attached hydrogen (secondary N) is 1. The molecule has 2 aliphatic carbocycles. The Kier molecular flexibility index (Phi) is 4.21. The van der Waals surface area contributed by atoms with Crippen LogP contribution in [0.5, 0.6) is 0 Å². The van der Waals surface area contributed by atoms with E-state index in [-0.39, 0.29) is 0 Å². The molecular weight excluding hydrogens is 240 g/mol. The van der Waals surface area contributed by atoms with E-state index >= 15 is 0 Å². The first-order valence-electron chi connectivity index (χ1n) is 7.81. The number of nitrogens with zero attached hydrogens (tertiary/aromatic N) is 1. The molecule has 3 aliphatic rings. The molecule has 0 bridgehead atoms. The zero-order valence-electron chi connectivity index (χ0n) is 11.8. The molecule has 3 fully saturated rings. The summed E-state index contributed by atoms with van der Waals surface area (Å²) in [5, 5.41) is 3.94. The normalized spacial score (nSPS) is 32.2. The average Bonchev–Trinajstić information content (AvgIpc) is 3.12. The third-order valence-electron chi connectivity index (χ3n) is 5.18. The van der Waals surface area contributed by atoms with E-state index in [2.05, 4.69) is 16.5 Å². The molecule has 3 heteroatoms. The van der Waals surface area contributed by atoms with E-state index in [9.17, 15) is 0 Å². The summed E-state index contributed by atoms with van der Waals surface area (Å²) in [6, 6.07) is 0.859. The van der Waals surface area contributed by atoms with Gasteiger partial charge < -0.3 is 5.32 Å². The first-order chi connectivity index (χ1) is 8.83. The largest absolute Gasteiger partial charge is 0.308 e. The SMILES string of the molecule is CSCCCN1CC2(CCCC2)NCC1C1CC1. The molecule has 1 heterocycles. The second-order valence-corrected chi connectivity index (χ2v) is 7.58. The molecule has 1 spiro atoms. The van der Waals surface area contributed by atoms with Crippen molar-refractivity contribution in [1.29, 1.82) is 0 Å². The van der Waals surface area contributed by atoms with Crippen LogP contribution in [-0.4, -0.2) is 48.1 Å². The number of hydrogen-bond acceptors (Lipinski definition) is 3. The van der Waals surface area contributed by atoms with Crippen molar-refractivity contribution in [3.63, 3.8) is 0 Å². The van der Waals surface area contributed by atoms with Crippen LogP contribution in [-0.2, 0) is 0 Å². The number of rotatable bonds is 5. The van der Waals surface area contributed by atoms with Gasteiger partial charge in [-0.2, -0.15) is 11.8 Å². The summed E-state index contributed by atoms with van der Waals surface area (Å²) in [7, 11) is 0. The lowest BCUT2D eigenvalue weighted by Gasteiger charge is -2.47. The summed E-state index contributed by atoms with van der Waals surface area (Å²) < 4.78 is 0. The van der Waals surface area contributed by atoms with Crippen LogP contribution in [0, 0.1) is 5.92 Å². The summed E-state index contributed by atoms with van der Waals surface area (Å²) in [5.41, 5.74) is 0.505. The van der Waals surface area contributed by atoms with Gasteiger partial charge in [-0.25, -0.2) is 0 Å². The molecule has 0 aromatic heterocycles. The fourth-order valence-corrected chi connectivity index (χ4v) is 4.42. The van der Waals surface area contributed by atoms with Crippen LogP contribution < -0.4 is 5.32 Å². The second-order valence-electron chi connectivity index (χ2n) is 6.59. The van der Waals surface area contributed by atoms with Gasteiger partial charge in [-0.05, 0) is 56.6 Å². The van der Waals surface area contributed by atoms with Crippen molar-refractivity contribution in [3.05, 3.63) is 0 Å². The molecule has 0 aromatic carbocycles. The van der Waals surface area contributed by atoms with E-state index < -0.39 is 0 Å². The van der Waals surface area contributed by atoms with Gasteiger partial charge in [0.15, 0.2) is 0 Å². The average molecular weight is 268 g/mol. The molecule has 1 aliphatic heterocycles. The van der Waals surface area contributed by atoms with Crippen molar-refractivity contribution >= 4 is 11.8 Å². The van der Waals surface area contributed by atoms with Crippen molar-refractivity contribution in [2.45, 2.75) is 56.5 Å². The number of piperazine rings is 1. The highest BCUT2D eigenvalue weighted by Crippen LogP contribution is 2.40. The molecule has 3 rings (SSSR count). The van der Waals surface area contributed by atoms with Gasteiger partial charge >= 0.3 is 0 Å². The van der Waals surface area contributed by atoms with Crippen LogP contribution in [0.4, 0.5) is 0 Å². The summed E-state index contributed by atoms with van der Waals surface area (Å²) in [5.74, 6) is 2.35. The Morgan fingerprint density at radius 1 is 1.28 bits per heavy atom. The van der Waals surface area contributed by atoms with Gasteiger partial charge in [-0.1, -0.05) is 12.8 Å². The molecule has 18 heavy (non-hydrogen) atoms. The minimum absolute atomic E-state index is 0.505.